The van der Waals surface area contributed by atoms with Gasteiger partial charge in [-0.2, -0.15) is 0 Å². The molecule has 2 rings (SSSR count). The third-order valence-corrected chi connectivity index (χ3v) is 3.28. The Morgan fingerprint density at radius 2 is 2.26 bits per heavy atom. The van der Waals surface area contributed by atoms with Crippen LogP contribution in [0, 0.1) is 12.8 Å². The van der Waals surface area contributed by atoms with Crippen LogP contribution in [0.1, 0.15) is 35.2 Å². The van der Waals surface area contributed by atoms with E-state index >= 15 is 0 Å². The number of amides is 1. The first-order valence-corrected chi connectivity index (χ1v) is 6.21. The molecule has 1 aromatic heterocycles. The fourth-order valence-electron chi connectivity index (χ4n) is 2.15. The monoisotopic (exact) mass is 267 g/mol. The number of hydrogen-bond acceptors (Lipinski definition) is 4. The molecule has 2 unspecified atom stereocenters. The third-order valence-electron chi connectivity index (χ3n) is 3.28. The molecule has 1 aliphatic rings. The highest BCUT2D eigenvalue weighted by atomic mass is 16.5. The first-order chi connectivity index (χ1) is 8.99. The smallest absolute Gasteiger partial charge is 0.339 e. The maximum Gasteiger partial charge on any atom is 0.339 e. The zero-order chi connectivity index (χ0) is 14.0. The number of aromatic carboxylic acids is 1. The van der Waals surface area contributed by atoms with E-state index in [0.29, 0.717) is 18.1 Å². The van der Waals surface area contributed by atoms with Crippen LogP contribution in [0.3, 0.4) is 0 Å². The van der Waals surface area contributed by atoms with Crippen molar-refractivity contribution in [1.82, 2.24) is 5.32 Å². The van der Waals surface area contributed by atoms with Crippen LogP contribution < -0.4 is 5.32 Å². The van der Waals surface area contributed by atoms with Gasteiger partial charge >= 0.3 is 5.97 Å². The topological polar surface area (TPSA) is 88.8 Å². The van der Waals surface area contributed by atoms with Gasteiger partial charge in [-0.3, -0.25) is 4.79 Å². The van der Waals surface area contributed by atoms with Gasteiger partial charge in [-0.25, -0.2) is 4.79 Å². The molecule has 2 heterocycles. The van der Waals surface area contributed by atoms with E-state index < -0.39 is 12.1 Å². The number of ether oxygens (including phenoxy) is 1. The van der Waals surface area contributed by atoms with Crippen LogP contribution in [0.2, 0.25) is 0 Å². The highest BCUT2D eigenvalue weighted by Gasteiger charge is 2.30. The van der Waals surface area contributed by atoms with Crippen molar-refractivity contribution < 1.29 is 23.8 Å². The van der Waals surface area contributed by atoms with Gasteiger partial charge in [0, 0.05) is 6.61 Å². The number of carboxylic acids is 1. The minimum Gasteiger partial charge on any atom is -0.478 e. The largest absolute Gasteiger partial charge is 0.478 e. The Morgan fingerprint density at radius 1 is 1.53 bits per heavy atom. The molecule has 1 fully saturated rings. The minimum absolute atomic E-state index is 0.120. The van der Waals surface area contributed by atoms with Crippen LogP contribution in [0.4, 0.5) is 0 Å². The summed E-state index contributed by atoms with van der Waals surface area (Å²) in [6, 6.07) is 1.43. The molecule has 19 heavy (non-hydrogen) atoms. The molecule has 0 aliphatic carbocycles. The van der Waals surface area contributed by atoms with Gasteiger partial charge in [0.2, 0.25) is 5.91 Å². The summed E-state index contributed by atoms with van der Waals surface area (Å²) in [6.45, 7) is 4.32. The zero-order valence-corrected chi connectivity index (χ0v) is 10.9. The number of aryl methyl sites for hydroxylation is 1. The standard InChI is InChI=1S/C13H17NO5/c1-7-3-4-18-11(7)12(15)14-6-9-5-10(13(16)17)8(2)19-9/h5,7,11H,3-4,6H2,1-2H3,(H,14,15)(H,16,17). The van der Waals surface area contributed by atoms with Gasteiger partial charge in [-0.1, -0.05) is 6.92 Å². The maximum absolute atomic E-state index is 11.9. The molecule has 0 radical (unpaired) electrons. The molecule has 2 N–H and O–H groups in total. The third kappa shape index (κ3) is 2.96. The number of carbonyl (C=O) groups excluding carboxylic acids is 1. The van der Waals surface area contributed by atoms with Gasteiger partial charge < -0.3 is 19.6 Å². The highest BCUT2D eigenvalue weighted by molar-refractivity contribution is 5.88. The summed E-state index contributed by atoms with van der Waals surface area (Å²) in [6.07, 6.45) is 0.455. The second kappa shape index (κ2) is 5.44. The van der Waals surface area contributed by atoms with Crippen molar-refractivity contribution >= 4 is 11.9 Å². The molecule has 0 aromatic carbocycles. The minimum atomic E-state index is -1.04. The quantitative estimate of drug-likeness (QED) is 0.859. The number of rotatable bonds is 4. The second-order valence-corrected chi connectivity index (χ2v) is 4.76. The molecule has 1 aliphatic heterocycles. The van der Waals surface area contributed by atoms with Crippen LogP contribution in [0.15, 0.2) is 10.5 Å². The van der Waals surface area contributed by atoms with Gasteiger partial charge in [0.1, 0.15) is 23.2 Å². The van der Waals surface area contributed by atoms with Crippen molar-refractivity contribution in [2.75, 3.05) is 6.61 Å². The van der Waals surface area contributed by atoms with Gasteiger partial charge in [0.25, 0.3) is 0 Å². The molecule has 0 saturated carbocycles. The van der Waals surface area contributed by atoms with Crippen molar-refractivity contribution in [3.8, 4) is 0 Å². The summed E-state index contributed by atoms with van der Waals surface area (Å²) in [4.78, 5) is 22.7. The molecule has 1 saturated heterocycles. The molecule has 2 atom stereocenters. The summed E-state index contributed by atoms with van der Waals surface area (Å²) in [5.74, 6) is -0.258. The number of carboxylic acid groups (broad SMARTS) is 1. The molecule has 1 amide bonds. The number of carbonyl (C=O) groups is 2. The first-order valence-electron chi connectivity index (χ1n) is 6.21. The van der Waals surface area contributed by atoms with Gasteiger partial charge in [-0.05, 0) is 25.3 Å². The Labute approximate surface area is 110 Å². The Morgan fingerprint density at radius 3 is 2.79 bits per heavy atom. The van der Waals surface area contributed by atoms with Crippen LogP contribution >= 0.6 is 0 Å². The predicted octanol–water partition coefficient (Wildman–Crippen LogP) is 1.33. The second-order valence-electron chi connectivity index (χ2n) is 4.76. The fraction of sp³-hybridized carbons (Fsp3) is 0.538. The molecule has 1 aromatic rings. The lowest BCUT2D eigenvalue weighted by molar-refractivity contribution is -0.131. The van der Waals surface area contributed by atoms with E-state index in [1.54, 1.807) is 6.92 Å². The van der Waals surface area contributed by atoms with Gasteiger partial charge in [0.15, 0.2) is 0 Å². The van der Waals surface area contributed by atoms with Crippen molar-refractivity contribution in [3.63, 3.8) is 0 Å². The number of nitrogens with one attached hydrogen (secondary N) is 1. The van der Waals surface area contributed by atoms with E-state index in [0.717, 1.165) is 6.42 Å². The zero-order valence-electron chi connectivity index (χ0n) is 10.9. The first kappa shape index (κ1) is 13.6. The summed E-state index contributed by atoms with van der Waals surface area (Å²) in [7, 11) is 0. The molecule has 0 spiro atoms. The van der Waals surface area contributed by atoms with E-state index in [-0.39, 0.29) is 23.9 Å². The Bertz CT molecular complexity index is 493. The number of hydrogen-bond donors (Lipinski definition) is 2. The summed E-state index contributed by atoms with van der Waals surface area (Å²) < 4.78 is 10.6. The van der Waals surface area contributed by atoms with Crippen molar-refractivity contribution in [2.24, 2.45) is 5.92 Å². The van der Waals surface area contributed by atoms with Crippen LogP contribution in [0.5, 0.6) is 0 Å². The Hall–Kier alpha value is -1.82. The summed E-state index contributed by atoms with van der Waals surface area (Å²) >= 11 is 0. The lowest BCUT2D eigenvalue weighted by atomic mass is 10.0. The molecule has 0 bridgehead atoms. The van der Waals surface area contributed by atoms with Crippen LogP contribution in [-0.2, 0) is 16.1 Å². The lowest BCUT2D eigenvalue weighted by Crippen LogP contribution is -2.36. The van der Waals surface area contributed by atoms with Gasteiger partial charge in [0.05, 0.1) is 6.54 Å². The average Bonchev–Trinajstić information content (AvgIpc) is 2.92. The highest BCUT2D eigenvalue weighted by Crippen LogP contribution is 2.20. The molecular formula is C13H17NO5. The SMILES string of the molecule is Cc1oc(CNC(=O)C2OCCC2C)cc1C(=O)O. The van der Waals surface area contributed by atoms with Crippen LogP contribution in [0.25, 0.3) is 0 Å². The van der Waals surface area contributed by atoms with Crippen molar-refractivity contribution in [3.05, 3.63) is 23.2 Å². The number of furan rings is 1. The van der Waals surface area contributed by atoms with Gasteiger partial charge in [-0.15, -0.1) is 0 Å². The average molecular weight is 267 g/mol. The van der Waals surface area contributed by atoms with Crippen molar-refractivity contribution in [2.45, 2.75) is 32.9 Å². The van der Waals surface area contributed by atoms with E-state index in [1.165, 1.54) is 6.07 Å². The van der Waals surface area contributed by atoms with E-state index in [2.05, 4.69) is 5.32 Å². The fourth-order valence-corrected chi connectivity index (χ4v) is 2.15. The molecule has 6 nitrogen and oxygen atoms in total. The van der Waals surface area contributed by atoms with E-state index in [9.17, 15) is 9.59 Å². The Balaban J connectivity index is 1.93. The van der Waals surface area contributed by atoms with E-state index in [1.807, 2.05) is 6.92 Å². The van der Waals surface area contributed by atoms with Crippen molar-refractivity contribution in [1.29, 1.82) is 0 Å². The van der Waals surface area contributed by atoms with Crippen LogP contribution in [-0.4, -0.2) is 29.7 Å². The summed E-state index contributed by atoms with van der Waals surface area (Å²) in [5, 5.41) is 11.6. The predicted molar refractivity (Wildman–Crippen MR) is 65.8 cm³/mol. The summed E-state index contributed by atoms with van der Waals surface area (Å²) in [5.41, 5.74) is 0.120. The maximum atomic E-state index is 11.9. The van der Waals surface area contributed by atoms with E-state index in [4.69, 9.17) is 14.3 Å². The normalized spacial score (nSPS) is 22.4. The molecular weight excluding hydrogens is 250 g/mol. The molecule has 6 heteroatoms. The molecule has 104 valence electrons. The Kier molecular flexibility index (Phi) is 3.90. The lowest BCUT2D eigenvalue weighted by Gasteiger charge is -2.13.